The molecule has 3 rings (SSSR count). The number of halogens is 1. The summed E-state index contributed by atoms with van der Waals surface area (Å²) in [6.07, 6.45) is 1.15. The van der Waals surface area contributed by atoms with Crippen molar-refractivity contribution in [3.05, 3.63) is 40.7 Å². The van der Waals surface area contributed by atoms with Gasteiger partial charge in [-0.15, -0.1) is 0 Å². The van der Waals surface area contributed by atoms with Gasteiger partial charge in [-0.1, -0.05) is 23.7 Å². The van der Waals surface area contributed by atoms with Gasteiger partial charge in [0.05, 0.1) is 0 Å². The first-order chi connectivity index (χ1) is 8.22. The highest BCUT2D eigenvalue weighted by molar-refractivity contribution is 7.09. The van der Waals surface area contributed by atoms with E-state index in [9.17, 15) is 0 Å². The molecule has 0 amide bonds. The van der Waals surface area contributed by atoms with Gasteiger partial charge in [0.2, 0.25) is 5.13 Å². The van der Waals surface area contributed by atoms with Crippen LogP contribution in [0.4, 0.5) is 5.13 Å². The van der Waals surface area contributed by atoms with E-state index in [1.807, 2.05) is 19.1 Å². The van der Waals surface area contributed by atoms with Crippen LogP contribution >= 0.6 is 23.1 Å². The molecule has 2 aromatic rings. The molecular formula is C12H12ClN3S. The topological polar surface area (TPSA) is 37.8 Å². The predicted octanol–water partition coefficient (Wildman–Crippen LogP) is 3.47. The Kier molecular flexibility index (Phi) is 2.76. The maximum atomic E-state index is 5.87. The van der Waals surface area contributed by atoms with Crippen molar-refractivity contribution in [2.24, 2.45) is 0 Å². The van der Waals surface area contributed by atoms with Gasteiger partial charge in [0.1, 0.15) is 5.82 Å². The van der Waals surface area contributed by atoms with Crippen molar-refractivity contribution in [2.75, 3.05) is 5.32 Å². The molecule has 3 nitrogen and oxygen atoms in total. The third-order valence-electron chi connectivity index (χ3n) is 2.93. The zero-order valence-electron chi connectivity index (χ0n) is 9.35. The highest BCUT2D eigenvalue weighted by Gasteiger charge is 2.38. The Morgan fingerprint density at radius 3 is 2.76 bits per heavy atom. The van der Waals surface area contributed by atoms with E-state index >= 15 is 0 Å². The molecule has 1 fully saturated rings. The van der Waals surface area contributed by atoms with E-state index in [0.29, 0.717) is 12.0 Å². The van der Waals surface area contributed by atoms with Crippen molar-refractivity contribution in [1.29, 1.82) is 0 Å². The molecule has 1 aliphatic rings. The molecule has 0 aliphatic heterocycles. The standard InChI is InChI=1S/C12H12ClN3S/c1-7-14-12(17-16-7)15-11-6-10(11)8-2-4-9(13)5-3-8/h2-5,10-11H,6H2,1H3,(H,14,15,16). The van der Waals surface area contributed by atoms with E-state index in [4.69, 9.17) is 11.6 Å². The number of hydrogen-bond donors (Lipinski definition) is 1. The predicted molar refractivity (Wildman–Crippen MR) is 70.9 cm³/mol. The number of rotatable bonds is 3. The van der Waals surface area contributed by atoms with Crippen LogP contribution in [-0.2, 0) is 0 Å². The number of aryl methyl sites for hydroxylation is 1. The fraction of sp³-hybridized carbons (Fsp3) is 0.333. The van der Waals surface area contributed by atoms with E-state index in [0.717, 1.165) is 22.4 Å². The summed E-state index contributed by atoms with van der Waals surface area (Å²) in [5, 5.41) is 5.12. The molecule has 0 saturated heterocycles. The molecule has 2 atom stereocenters. The number of benzene rings is 1. The van der Waals surface area contributed by atoms with Gasteiger partial charge in [-0.2, -0.15) is 4.37 Å². The van der Waals surface area contributed by atoms with Crippen molar-refractivity contribution in [3.8, 4) is 0 Å². The summed E-state index contributed by atoms with van der Waals surface area (Å²) in [5.41, 5.74) is 1.34. The number of nitrogens with one attached hydrogen (secondary N) is 1. The summed E-state index contributed by atoms with van der Waals surface area (Å²) in [7, 11) is 0. The molecule has 88 valence electrons. The van der Waals surface area contributed by atoms with Gasteiger partial charge in [0.25, 0.3) is 0 Å². The Hall–Kier alpha value is -1.13. The lowest BCUT2D eigenvalue weighted by molar-refractivity contribution is 1.03. The lowest BCUT2D eigenvalue weighted by Gasteiger charge is -2.01. The van der Waals surface area contributed by atoms with Gasteiger partial charge < -0.3 is 5.32 Å². The number of aromatic nitrogens is 2. The Morgan fingerprint density at radius 1 is 1.35 bits per heavy atom. The molecule has 1 aliphatic carbocycles. The van der Waals surface area contributed by atoms with E-state index < -0.39 is 0 Å². The third-order valence-corrected chi connectivity index (χ3v) is 3.91. The lowest BCUT2D eigenvalue weighted by Crippen LogP contribution is -2.03. The van der Waals surface area contributed by atoms with Gasteiger partial charge >= 0.3 is 0 Å². The fourth-order valence-corrected chi connectivity index (χ4v) is 2.71. The number of hydrogen-bond acceptors (Lipinski definition) is 4. The minimum Gasteiger partial charge on any atom is -0.357 e. The van der Waals surface area contributed by atoms with Gasteiger partial charge in [-0.05, 0) is 31.0 Å². The summed E-state index contributed by atoms with van der Waals surface area (Å²) in [6, 6.07) is 8.58. The van der Waals surface area contributed by atoms with Crippen LogP contribution in [0.2, 0.25) is 5.02 Å². The Balaban J connectivity index is 1.64. The molecule has 1 aromatic heterocycles. The Labute approximate surface area is 109 Å². The lowest BCUT2D eigenvalue weighted by atomic mass is 10.1. The van der Waals surface area contributed by atoms with Gasteiger partial charge in [-0.3, -0.25) is 0 Å². The molecule has 17 heavy (non-hydrogen) atoms. The van der Waals surface area contributed by atoms with Crippen molar-refractivity contribution >= 4 is 28.3 Å². The van der Waals surface area contributed by atoms with E-state index in [-0.39, 0.29) is 0 Å². The van der Waals surface area contributed by atoms with Crippen LogP contribution in [0.5, 0.6) is 0 Å². The van der Waals surface area contributed by atoms with Gasteiger partial charge in [-0.25, -0.2) is 4.98 Å². The first-order valence-corrected chi connectivity index (χ1v) is 6.70. The van der Waals surface area contributed by atoms with Crippen LogP contribution in [0.3, 0.4) is 0 Å². The third kappa shape index (κ3) is 2.42. The van der Waals surface area contributed by atoms with E-state index in [1.165, 1.54) is 17.1 Å². The minimum absolute atomic E-state index is 0.489. The molecule has 1 N–H and O–H groups in total. The first-order valence-electron chi connectivity index (χ1n) is 5.55. The second-order valence-corrected chi connectivity index (χ2v) is 5.48. The van der Waals surface area contributed by atoms with Crippen LogP contribution in [0.25, 0.3) is 0 Å². The molecule has 0 spiro atoms. The summed E-state index contributed by atoms with van der Waals surface area (Å²) in [6.45, 7) is 1.91. The Bertz CT molecular complexity index is 523. The van der Waals surface area contributed by atoms with Crippen LogP contribution in [0, 0.1) is 6.92 Å². The summed E-state index contributed by atoms with van der Waals surface area (Å²) < 4.78 is 4.16. The average molecular weight is 266 g/mol. The quantitative estimate of drug-likeness (QED) is 0.923. The second-order valence-electron chi connectivity index (χ2n) is 4.29. The van der Waals surface area contributed by atoms with Crippen LogP contribution in [-0.4, -0.2) is 15.4 Å². The molecule has 1 saturated carbocycles. The molecule has 0 bridgehead atoms. The maximum absolute atomic E-state index is 5.87. The molecule has 0 radical (unpaired) electrons. The van der Waals surface area contributed by atoms with Crippen LogP contribution in [0.15, 0.2) is 24.3 Å². The molecule has 2 unspecified atom stereocenters. The molecule has 1 aromatic carbocycles. The Morgan fingerprint density at radius 2 is 2.12 bits per heavy atom. The molecular weight excluding hydrogens is 254 g/mol. The SMILES string of the molecule is Cc1nsc(NC2CC2c2ccc(Cl)cc2)n1. The van der Waals surface area contributed by atoms with E-state index in [2.05, 4.69) is 26.8 Å². The zero-order chi connectivity index (χ0) is 11.8. The number of nitrogens with zero attached hydrogens (tertiary/aromatic N) is 2. The maximum Gasteiger partial charge on any atom is 0.202 e. The van der Waals surface area contributed by atoms with Crippen molar-refractivity contribution in [2.45, 2.75) is 25.3 Å². The second kappa shape index (κ2) is 4.27. The average Bonchev–Trinajstić information content (AvgIpc) is 2.94. The van der Waals surface area contributed by atoms with Crippen molar-refractivity contribution in [3.63, 3.8) is 0 Å². The normalized spacial score (nSPS) is 22.5. The highest BCUT2D eigenvalue weighted by atomic mass is 35.5. The molecule has 5 heteroatoms. The van der Waals surface area contributed by atoms with Crippen molar-refractivity contribution < 1.29 is 0 Å². The largest absolute Gasteiger partial charge is 0.357 e. The summed E-state index contributed by atoms with van der Waals surface area (Å²) in [5.74, 6) is 1.41. The van der Waals surface area contributed by atoms with Crippen LogP contribution < -0.4 is 5.32 Å². The zero-order valence-corrected chi connectivity index (χ0v) is 10.9. The minimum atomic E-state index is 0.489. The first kappa shape index (κ1) is 11.0. The fourth-order valence-electron chi connectivity index (χ4n) is 1.95. The highest BCUT2D eigenvalue weighted by Crippen LogP contribution is 2.43. The smallest absolute Gasteiger partial charge is 0.202 e. The van der Waals surface area contributed by atoms with Crippen LogP contribution in [0.1, 0.15) is 23.7 Å². The monoisotopic (exact) mass is 265 g/mol. The van der Waals surface area contributed by atoms with Gasteiger partial charge in [0.15, 0.2) is 0 Å². The summed E-state index contributed by atoms with van der Waals surface area (Å²) >= 11 is 7.30. The van der Waals surface area contributed by atoms with Gasteiger partial charge in [0, 0.05) is 28.5 Å². The number of anilines is 1. The summed E-state index contributed by atoms with van der Waals surface area (Å²) in [4.78, 5) is 4.31. The van der Waals surface area contributed by atoms with Crippen molar-refractivity contribution in [1.82, 2.24) is 9.36 Å². The van der Waals surface area contributed by atoms with E-state index in [1.54, 1.807) is 0 Å². The molecule has 1 heterocycles.